The Morgan fingerprint density at radius 1 is 0.292 bits per heavy atom. The Balaban J connectivity index is 0.982. The fraction of sp³-hybridized carbons (Fsp3) is 0.0571. The Kier molecular flexibility index (Phi) is 9.71. The van der Waals surface area contributed by atoms with E-state index in [-0.39, 0.29) is 5.41 Å². The van der Waals surface area contributed by atoms with Crippen LogP contribution in [0.25, 0.3) is 75.8 Å². The molecule has 0 bridgehead atoms. The highest BCUT2D eigenvalue weighted by molar-refractivity contribution is 7.25. The van der Waals surface area contributed by atoms with Crippen LogP contribution in [0.1, 0.15) is 47.2 Å². The molecule has 2 aliphatic carbocycles. The molecule has 72 heavy (non-hydrogen) atoms. The second-order valence-corrected chi connectivity index (χ2v) is 21.0. The molecule has 0 atom stereocenters. The number of thiophene rings is 1. The van der Waals surface area contributed by atoms with Gasteiger partial charge in [-0.15, -0.1) is 11.3 Å². The van der Waals surface area contributed by atoms with Crippen molar-refractivity contribution in [3.8, 4) is 55.6 Å². The van der Waals surface area contributed by atoms with Crippen molar-refractivity contribution in [1.29, 1.82) is 0 Å². The first-order chi connectivity index (χ1) is 35.5. The SMILES string of the molecule is CC1(C)c2ccccc2C2(c3ccccc3-c3cc(N(c4ccc(-c5ccc6sc7ccccc7c6c5)cc4)c4ccccc4-c4ccccc4-c4ccccc4-c4ccccc4)ccc32)c2ccccc21. The molecule has 14 rings (SSSR count). The van der Waals surface area contributed by atoms with Crippen LogP contribution < -0.4 is 4.90 Å². The first-order valence-corrected chi connectivity index (χ1v) is 25.9. The summed E-state index contributed by atoms with van der Waals surface area (Å²) < 4.78 is 2.64. The molecule has 2 aliphatic rings. The molecule has 340 valence electrons. The van der Waals surface area contributed by atoms with Crippen molar-refractivity contribution in [2.24, 2.45) is 0 Å². The molecule has 12 aromatic rings. The lowest BCUT2D eigenvalue weighted by molar-refractivity contribution is 0.563. The van der Waals surface area contributed by atoms with E-state index >= 15 is 0 Å². The van der Waals surface area contributed by atoms with Gasteiger partial charge in [-0.2, -0.15) is 0 Å². The smallest absolute Gasteiger partial charge is 0.0719 e. The lowest BCUT2D eigenvalue weighted by Crippen LogP contribution is -2.40. The maximum atomic E-state index is 2.49. The van der Waals surface area contributed by atoms with Gasteiger partial charge in [-0.3, -0.25) is 0 Å². The van der Waals surface area contributed by atoms with E-state index in [1.165, 1.54) is 104 Å². The Hall–Kier alpha value is -8.56. The summed E-state index contributed by atoms with van der Waals surface area (Å²) in [5.41, 5.74) is 22.9. The highest BCUT2D eigenvalue weighted by atomic mass is 32.1. The van der Waals surface area contributed by atoms with Gasteiger partial charge in [0.1, 0.15) is 0 Å². The molecule has 1 heterocycles. The van der Waals surface area contributed by atoms with Gasteiger partial charge in [-0.25, -0.2) is 0 Å². The van der Waals surface area contributed by atoms with Crippen LogP contribution in [-0.4, -0.2) is 0 Å². The summed E-state index contributed by atoms with van der Waals surface area (Å²) in [6.07, 6.45) is 0. The number of hydrogen-bond acceptors (Lipinski definition) is 2. The fourth-order valence-electron chi connectivity index (χ4n) is 12.6. The molecule has 0 unspecified atom stereocenters. The lowest BCUT2D eigenvalue weighted by atomic mass is 9.55. The van der Waals surface area contributed by atoms with Crippen molar-refractivity contribution in [2.75, 3.05) is 4.90 Å². The highest BCUT2D eigenvalue weighted by Crippen LogP contribution is 2.63. The van der Waals surface area contributed by atoms with Crippen molar-refractivity contribution in [2.45, 2.75) is 24.7 Å². The molecule has 0 amide bonds. The normalized spacial score (nSPS) is 13.6. The van der Waals surface area contributed by atoms with Gasteiger partial charge in [0.2, 0.25) is 0 Å². The number of rotatable bonds is 7. The van der Waals surface area contributed by atoms with Gasteiger partial charge < -0.3 is 4.90 Å². The molecule has 1 aromatic heterocycles. The molecule has 0 aliphatic heterocycles. The molecule has 1 nitrogen and oxygen atoms in total. The predicted octanol–water partition coefficient (Wildman–Crippen LogP) is 19.2. The van der Waals surface area contributed by atoms with Gasteiger partial charge in [0.25, 0.3) is 0 Å². The van der Waals surface area contributed by atoms with Crippen molar-refractivity contribution in [3.63, 3.8) is 0 Å². The van der Waals surface area contributed by atoms with Crippen LogP contribution in [0.4, 0.5) is 17.1 Å². The summed E-state index contributed by atoms with van der Waals surface area (Å²) in [4.78, 5) is 2.49. The van der Waals surface area contributed by atoms with Gasteiger partial charge in [0.15, 0.2) is 0 Å². The number of para-hydroxylation sites is 1. The molecule has 0 N–H and O–H groups in total. The maximum absolute atomic E-state index is 2.49. The Bertz CT molecular complexity index is 4030. The average Bonchev–Trinajstić information content (AvgIpc) is 3.97. The first kappa shape index (κ1) is 42.3. The molecular formula is C70H49NS. The van der Waals surface area contributed by atoms with Crippen molar-refractivity contribution in [3.05, 3.63) is 294 Å². The average molecular weight is 936 g/mol. The number of hydrogen-bond donors (Lipinski definition) is 0. The summed E-state index contributed by atoms with van der Waals surface area (Å²) in [6, 6.07) is 97.4. The molecule has 11 aromatic carbocycles. The second-order valence-electron chi connectivity index (χ2n) is 19.9. The minimum absolute atomic E-state index is 0.163. The molecule has 0 radical (unpaired) electrons. The first-order valence-electron chi connectivity index (χ1n) is 25.1. The largest absolute Gasteiger partial charge is 0.310 e. The van der Waals surface area contributed by atoms with E-state index in [1.807, 2.05) is 11.3 Å². The van der Waals surface area contributed by atoms with Gasteiger partial charge in [-0.1, -0.05) is 226 Å². The van der Waals surface area contributed by atoms with Gasteiger partial charge >= 0.3 is 0 Å². The Morgan fingerprint density at radius 2 is 0.778 bits per heavy atom. The highest BCUT2D eigenvalue weighted by Gasteiger charge is 2.53. The van der Waals surface area contributed by atoms with Crippen molar-refractivity contribution < 1.29 is 0 Å². The maximum Gasteiger partial charge on any atom is 0.0719 e. The number of fused-ring (bicyclic) bond motifs is 12. The monoisotopic (exact) mass is 935 g/mol. The van der Waals surface area contributed by atoms with Crippen LogP contribution in [-0.2, 0) is 10.8 Å². The topological polar surface area (TPSA) is 3.24 Å². The molecular weight excluding hydrogens is 887 g/mol. The van der Waals surface area contributed by atoms with Crippen LogP contribution in [0.5, 0.6) is 0 Å². The zero-order chi connectivity index (χ0) is 48.0. The number of benzene rings is 11. The van der Waals surface area contributed by atoms with E-state index in [9.17, 15) is 0 Å². The quantitative estimate of drug-likeness (QED) is 0.154. The third-order valence-corrected chi connectivity index (χ3v) is 16.9. The Labute approximate surface area is 425 Å². The summed E-state index contributed by atoms with van der Waals surface area (Å²) in [5, 5.41) is 2.62. The van der Waals surface area contributed by atoms with E-state index in [1.54, 1.807) is 0 Å². The minimum atomic E-state index is -0.475. The second kappa shape index (κ2) is 16.5. The third-order valence-electron chi connectivity index (χ3n) is 15.8. The van der Waals surface area contributed by atoms with Gasteiger partial charge in [-0.05, 0) is 132 Å². The number of nitrogens with zero attached hydrogens (tertiary/aromatic N) is 1. The van der Waals surface area contributed by atoms with E-state index in [0.717, 1.165) is 22.6 Å². The van der Waals surface area contributed by atoms with Crippen LogP contribution in [0.15, 0.2) is 261 Å². The Morgan fingerprint density at radius 3 is 1.49 bits per heavy atom. The molecule has 0 saturated heterocycles. The van der Waals surface area contributed by atoms with Gasteiger partial charge in [0.05, 0.1) is 11.1 Å². The molecule has 1 spiro atoms. The van der Waals surface area contributed by atoms with Crippen LogP contribution in [0.3, 0.4) is 0 Å². The van der Waals surface area contributed by atoms with Gasteiger partial charge in [0, 0.05) is 42.5 Å². The van der Waals surface area contributed by atoms with Crippen LogP contribution >= 0.6 is 11.3 Å². The summed E-state index contributed by atoms with van der Waals surface area (Å²) in [5.74, 6) is 0. The van der Waals surface area contributed by atoms with E-state index < -0.39 is 5.41 Å². The lowest BCUT2D eigenvalue weighted by Gasteiger charge is -2.46. The molecule has 2 heteroatoms. The minimum Gasteiger partial charge on any atom is -0.310 e. The molecule has 0 fully saturated rings. The fourth-order valence-corrected chi connectivity index (χ4v) is 13.7. The predicted molar refractivity (Wildman–Crippen MR) is 305 cm³/mol. The van der Waals surface area contributed by atoms with E-state index in [4.69, 9.17) is 0 Å². The summed E-state index contributed by atoms with van der Waals surface area (Å²) in [6.45, 7) is 4.79. The zero-order valence-corrected chi connectivity index (χ0v) is 41.0. The van der Waals surface area contributed by atoms with Crippen LogP contribution in [0.2, 0.25) is 0 Å². The van der Waals surface area contributed by atoms with E-state index in [2.05, 4.69) is 280 Å². The number of anilines is 3. The van der Waals surface area contributed by atoms with Crippen LogP contribution in [0, 0.1) is 0 Å². The van der Waals surface area contributed by atoms with E-state index in [0.29, 0.717) is 0 Å². The standard InChI is InChI=1S/C70H49NS/c1-69(2)62-30-14-16-32-64(62)70(65-33-17-15-31-63(65)69)60-29-13-10-26-55(60)58-45-50(41-42-61(58)70)71(49-39-36-46(37-40-49)48-38-43-68-59(44-48)57-28-12-19-35-67(57)72-68)66-34-18-11-27-56(66)54-25-9-8-24-53(54)52-23-7-6-22-51(52)47-20-4-3-5-21-47/h3-45H,1-2H3. The van der Waals surface area contributed by atoms with Crippen molar-refractivity contribution >= 4 is 48.6 Å². The zero-order valence-electron chi connectivity index (χ0n) is 40.2. The summed E-state index contributed by atoms with van der Waals surface area (Å²) in [7, 11) is 0. The van der Waals surface area contributed by atoms with Crippen molar-refractivity contribution in [1.82, 2.24) is 0 Å². The summed E-state index contributed by atoms with van der Waals surface area (Å²) >= 11 is 1.86. The third kappa shape index (κ3) is 6.32. The molecule has 0 saturated carbocycles.